The van der Waals surface area contributed by atoms with Crippen LogP contribution in [0.2, 0.25) is 5.02 Å². The molecule has 182 valence electrons. The summed E-state index contributed by atoms with van der Waals surface area (Å²) in [5.41, 5.74) is 1.89. The number of nitro benzene ring substituents is 1. The molecule has 4 aromatic rings. The Labute approximate surface area is 211 Å². The van der Waals surface area contributed by atoms with Crippen LogP contribution < -0.4 is 4.90 Å². The average Bonchev–Trinajstić information content (AvgIpc) is 3.34. The number of hydrogen-bond acceptors (Lipinski definition) is 5. The molecule has 1 fully saturated rings. The van der Waals surface area contributed by atoms with Crippen LogP contribution >= 0.6 is 11.6 Å². The first kappa shape index (κ1) is 23.5. The van der Waals surface area contributed by atoms with Crippen LogP contribution in [0.3, 0.4) is 0 Å². The Hall–Kier alpha value is -4.24. The van der Waals surface area contributed by atoms with E-state index >= 15 is 0 Å². The highest BCUT2D eigenvalue weighted by molar-refractivity contribution is 6.30. The maximum absolute atomic E-state index is 14.5. The van der Waals surface area contributed by atoms with Gasteiger partial charge in [-0.3, -0.25) is 14.9 Å². The number of anilines is 1. The lowest BCUT2D eigenvalue weighted by Gasteiger charge is -2.36. The molecule has 1 saturated heterocycles. The predicted octanol–water partition coefficient (Wildman–Crippen LogP) is 5.20. The molecule has 0 atom stereocenters. The molecule has 0 aliphatic carbocycles. The molecule has 0 N–H and O–H groups in total. The van der Waals surface area contributed by atoms with Gasteiger partial charge >= 0.3 is 0 Å². The zero-order valence-corrected chi connectivity index (χ0v) is 19.8. The van der Waals surface area contributed by atoms with E-state index in [0.717, 1.165) is 5.69 Å². The third-order valence-corrected chi connectivity index (χ3v) is 6.34. The molecule has 3 aromatic carbocycles. The highest BCUT2D eigenvalue weighted by atomic mass is 35.5. The summed E-state index contributed by atoms with van der Waals surface area (Å²) >= 11 is 6.12. The van der Waals surface area contributed by atoms with Crippen molar-refractivity contribution in [2.75, 3.05) is 31.1 Å². The van der Waals surface area contributed by atoms with Gasteiger partial charge in [0.2, 0.25) is 0 Å². The van der Waals surface area contributed by atoms with Gasteiger partial charge in [0.25, 0.3) is 11.6 Å². The highest BCUT2D eigenvalue weighted by Gasteiger charge is 2.27. The second kappa shape index (κ2) is 9.79. The number of non-ortho nitro benzene ring substituents is 1. The van der Waals surface area contributed by atoms with Crippen LogP contribution in [0.15, 0.2) is 78.9 Å². The Morgan fingerprint density at radius 3 is 2.36 bits per heavy atom. The van der Waals surface area contributed by atoms with Crippen molar-refractivity contribution in [1.82, 2.24) is 14.7 Å². The van der Waals surface area contributed by atoms with Crippen molar-refractivity contribution in [2.24, 2.45) is 0 Å². The Morgan fingerprint density at radius 2 is 1.64 bits per heavy atom. The molecule has 1 amide bonds. The van der Waals surface area contributed by atoms with Crippen LogP contribution in [-0.4, -0.2) is 51.7 Å². The number of rotatable bonds is 5. The Bertz CT molecular complexity index is 1450. The van der Waals surface area contributed by atoms with E-state index < -0.39 is 10.7 Å². The van der Waals surface area contributed by atoms with Crippen LogP contribution in [0, 0.1) is 15.9 Å². The van der Waals surface area contributed by atoms with Crippen LogP contribution in [0.1, 0.15) is 10.5 Å². The number of benzene rings is 3. The summed E-state index contributed by atoms with van der Waals surface area (Å²) in [7, 11) is 0. The molecule has 5 rings (SSSR count). The Balaban J connectivity index is 1.47. The fourth-order valence-electron chi connectivity index (χ4n) is 4.27. The minimum atomic E-state index is -0.513. The average molecular weight is 506 g/mol. The van der Waals surface area contributed by atoms with E-state index in [4.69, 9.17) is 11.6 Å². The molecular weight excluding hydrogens is 485 g/mol. The fourth-order valence-corrected chi connectivity index (χ4v) is 4.46. The Morgan fingerprint density at radius 1 is 0.917 bits per heavy atom. The van der Waals surface area contributed by atoms with E-state index in [1.165, 1.54) is 35.0 Å². The number of hydrogen-bond donors (Lipinski definition) is 0. The largest absolute Gasteiger partial charge is 0.368 e. The number of aromatic nitrogens is 2. The maximum Gasteiger partial charge on any atom is 0.272 e. The van der Waals surface area contributed by atoms with Crippen LogP contribution in [0.4, 0.5) is 15.8 Å². The lowest BCUT2D eigenvalue weighted by atomic mass is 10.1. The second-order valence-electron chi connectivity index (χ2n) is 8.34. The highest BCUT2D eigenvalue weighted by Crippen LogP contribution is 2.27. The molecule has 0 spiro atoms. The number of nitro groups is 1. The molecule has 0 bridgehead atoms. The first-order chi connectivity index (χ1) is 17.4. The first-order valence-electron chi connectivity index (χ1n) is 11.3. The van der Waals surface area contributed by atoms with Crippen molar-refractivity contribution in [2.45, 2.75) is 0 Å². The molecule has 0 saturated carbocycles. The number of halogens is 2. The first-order valence-corrected chi connectivity index (χ1v) is 11.7. The predicted molar refractivity (Wildman–Crippen MR) is 135 cm³/mol. The topological polar surface area (TPSA) is 84.5 Å². The molecular formula is C26H21ClFN5O3. The van der Waals surface area contributed by atoms with Crippen LogP contribution in [0.25, 0.3) is 16.9 Å². The molecule has 0 radical (unpaired) electrons. The van der Waals surface area contributed by atoms with E-state index in [1.807, 2.05) is 24.3 Å². The van der Waals surface area contributed by atoms with Crippen molar-refractivity contribution in [3.8, 4) is 16.9 Å². The third kappa shape index (κ3) is 4.65. The number of nitrogens with zero attached hydrogens (tertiary/aromatic N) is 5. The smallest absolute Gasteiger partial charge is 0.272 e. The van der Waals surface area contributed by atoms with Gasteiger partial charge in [0.15, 0.2) is 0 Å². The molecule has 1 aliphatic rings. The Kier molecular flexibility index (Phi) is 6.39. The normalized spacial score (nSPS) is 13.6. The number of carbonyl (C=O) groups excluding carboxylic acids is 1. The molecule has 1 aromatic heterocycles. The maximum atomic E-state index is 14.5. The van der Waals surface area contributed by atoms with E-state index in [9.17, 15) is 19.3 Å². The van der Waals surface area contributed by atoms with Gasteiger partial charge in [0.05, 0.1) is 16.3 Å². The van der Waals surface area contributed by atoms with Gasteiger partial charge in [-0.1, -0.05) is 35.9 Å². The van der Waals surface area contributed by atoms with E-state index in [-0.39, 0.29) is 28.5 Å². The molecule has 36 heavy (non-hydrogen) atoms. The van der Waals surface area contributed by atoms with Crippen molar-refractivity contribution >= 4 is 28.9 Å². The van der Waals surface area contributed by atoms with Crippen LogP contribution in [0.5, 0.6) is 0 Å². The minimum Gasteiger partial charge on any atom is -0.368 e. The molecule has 1 aliphatic heterocycles. The van der Waals surface area contributed by atoms with E-state index in [2.05, 4.69) is 10.00 Å². The standard InChI is InChI=1S/C26H21ClFN5O3/c27-18-5-3-6-19(15-18)30-11-13-31(14-12-30)26(34)25-17-24(22-9-1-2-10-23(22)28)29-32(25)20-7-4-8-21(16-20)33(35)36/h1-10,15-17H,11-14H2. The van der Waals surface area contributed by atoms with Gasteiger partial charge in [-0.15, -0.1) is 0 Å². The van der Waals surface area contributed by atoms with Crippen molar-refractivity contribution < 1.29 is 14.1 Å². The zero-order valence-electron chi connectivity index (χ0n) is 19.1. The summed E-state index contributed by atoms with van der Waals surface area (Å²) in [5, 5.41) is 16.5. The van der Waals surface area contributed by atoms with Crippen molar-refractivity contribution in [1.29, 1.82) is 0 Å². The molecule has 2 heterocycles. The number of piperazine rings is 1. The lowest BCUT2D eigenvalue weighted by Crippen LogP contribution is -2.49. The van der Waals surface area contributed by atoms with Gasteiger partial charge < -0.3 is 9.80 Å². The zero-order chi connectivity index (χ0) is 25.2. The van der Waals surface area contributed by atoms with Gasteiger partial charge in [-0.05, 0) is 42.5 Å². The lowest BCUT2D eigenvalue weighted by molar-refractivity contribution is -0.384. The van der Waals surface area contributed by atoms with Gasteiger partial charge in [-0.2, -0.15) is 5.10 Å². The number of carbonyl (C=O) groups is 1. The van der Waals surface area contributed by atoms with Crippen LogP contribution in [-0.2, 0) is 0 Å². The summed E-state index contributed by atoms with van der Waals surface area (Å²) in [6, 6.07) is 21.1. The van der Waals surface area contributed by atoms with E-state index in [0.29, 0.717) is 36.9 Å². The second-order valence-corrected chi connectivity index (χ2v) is 8.78. The third-order valence-electron chi connectivity index (χ3n) is 6.10. The number of amides is 1. The molecule has 0 unspecified atom stereocenters. The summed E-state index contributed by atoms with van der Waals surface area (Å²) in [5.74, 6) is -0.766. The summed E-state index contributed by atoms with van der Waals surface area (Å²) in [6.45, 7) is 2.13. The summed E-state index contributed by atoms with van der Waals surface area (Å²) in [4.78, 5) is 28.3. The molecule has 10 heteroatoms. The van der Waals surface area contributed by atoms with Crippen molar-refractivity contribution in [3.63, 3.8) is 0 Å². The molecule has 8 nitrogen and oxygen atoms in total. The minimum absolute atomic E-state index is 0.135. The fraction of sp³-hybridized carbons (Fsp3) is 0.154. The quantitative estimate of drug-likeness (QED) is 0.275. The van der Waals surface area contributed by atoms with Gasteiger partial charge in [-0.25, -0.2) is 9.07 Å². The summed E-state index contributed by atoms with van der Waals surface area (Å²) < 4.78 is 15.9. The van der Waals surface area contributed by atoms with E-state index in [1.54, 1.807) is 29.2 Å². The monoisotopic (exact) mass is 505 g/mol. The SMILES string of the molecule is O=C(c1cc(-c2ccccc2F)nn1-c1cccc([N+](=O)[O-])c1)N1CCN(c2cccc(Cl)c2)CC1. The van der Waals surface area contributed by atoms with Gasteiger partial charge in [0.1, 0.15) is 11.5 Å². The summed E-state index contributed by atoms with van der Waals surface area (Å²) in [6.07, 6.45) is 0. The van der Waals surface area contributed by atoms with Crippen molar-refractivity contribution in [3.05, 3.63) is 106 Å². The van der Waals surface area contributed by atoms with Gasteiger partial charge in [0, 0.05) is 54.6 Å².